The summed E-state index contributed by atoms with van der Waals surface area (Å²) >= 11 is 0. The van der Waals surface area contributed by atoms with Gasteiger partial charge >= 0.3 is 0 Å². The van der Waals surface area contributed by atoms with Gasteiger partial charge < -0.3 is 20.3 Å². The molecule has 1 unspecified atom stereocenters. The summed E-state index contributed by atoms with van der Waals surface area (Å²) in [5.74, 6) is -0.0924. The molecule has 3 rings (SSSR count). The molecule has 8 heteroatoms. The molecule has 1 atom stereocenters. The number of nitrogens with zero attached hydrogens (tertiary/aromatic N) is 3. The Labute approximate surface area is 155 Å². The zero-order valence-corrected chi connectivity index (χ0v) is 16.0. The van der Waals surface area contributed by atoms with Crippen molar-refractivity contribution in [3.63, 3.8) is 0 Å². The van der Waals surface area contributed by atoms with Gasteiger partial charge in [0.15, 0.2) is 0 Å². The number of likely N-dealkylation sites (N-methyl/N-ethyl adjacent to an activating group) is 1. The molecule has 25 heavy (non-hydrogen) atoms. The molecule has 3 heterocycles. The normalized spacial score (nSPS) is 23.1. The lowest BCUT2D eigenvalue weighted by molar-refractivity contribution is -0.00660. The third kappa shape index (κ3) is 4.73. The zero-order valence-electron chi connectivity index (χ0n) is 15.2. The van der Waals surface area contributed by atoms with E-state index in [0.29, 0.717) is 18.3 Å². The van der Waals surface area contributed by atoms with Crippen molar-refractivity contribution in [1.82, 2.24) is 25.3 Å². The molecular formula is C17H30ClN5O2. The average Bonchev–Trinajstić information content (AvgIpc) is 3.11. The first-order valence-corrected chi connectivity index (χ1v) is 8.90. The predicted octanol–water partition coefficient (Wildman–Crippen LogP) is 1.07. The molecule has 2 saturated heterocycles. The van der Waals surface area contributed by atoms with Crippen molar-refractivity contribution >= 4 is 18.3 Å². The van der Waals surface area contributed by atoms with E-state index in [9.17, 15) is 4.79 Å². The van der Waals surface area contributed by atoms with Crippen LogP contribution in [0.5, 0.6) is 0 Å². The van der Waals surface area contributed by atoms with Crippen LogP contribution < -0.4 is 10.6 Å². The third-order valence-corrected chi connectivity index (χ3v) is 5.44. The van der Waals surface area contributed by atoms with Crippen LogP contribution in [0.3, 0.4) is 0 Å². The Morgan fingerprint density at radius 2 is 2.24 bits per heavy atom. The molecule has 0 radical (unpaired) electrons. The van der Waals surface area contributed by atoms with Crippen LogP contribution in [0.1, 0.15) is 42.2 Å². The van der Waals surface area contributed by atoms with Crippen molar-refractivity contribution in [2.45, 2.75) is 37.3 Å². The number of carbonyl (C=O) groups excluding carboxylic acids is 1. The number of hydrogen-bond donors (Lipinski definition) is 2. The van der Waals surface area contributed by atoms with Crippen LogP contribution in [0.2, 0.25) is 0 Å². The van der Waals surface area contributed by atoms with Gasteiger partial charge in [0.2, 0.25) is 0 Å². The van der Waals surface area contributed by atoms with Gasteiger partial charge in [-0.2, -0.15) is 5.10 Å². The SMILES string of the molecule is CN(C)C1(CNC(=O)c2ccn(C3CCCNC3)n2)CCOCC1.Cl. The monoisotopic (exact) mass is 371 g/mol. The third-order valence-electron chi connectivity index (χ3n) is 5.44. The zero-order chi connectivity index (χ0) is 17.0. The number of hydrogen-bond acceptors (Lipinski definition) is 5. The largest absolute Gasteiger partial charge is 0.381 e. The molecule has 2 fully saturated rings. The summed E-state index contributed by atoms with van der Waals surface area (Å²) in [5, 5.41) is 10.9. The van der Waals surface area contributed by atoms with E-state index < -0.39 is 0 Å². The van der Waals surface area contributed by atoms with Gasteiger partial charge in [-0.05, 0) is 52.4 Å². The van der Waals surface area contributed by atoms with Crippen LogP contribution >= 0.6 is 12.4 Å². The lowest BCUT2D eigenvalue weighted by atomic mass is 9.88. The molecule has 1 aromatic rings. The van der Waals surface area contributed by atoms with Gasteiger partial charge in [0.1, 0.15) is 5.69 Å². The van der Waals surface area contributed by atoms with Crippen LogP contribution in [0.15, 0.2) is 12.3 Å². The molecule has 1 amide bonds. The highest BCUT2D eigenvalue weighted by Crippen LogP contribution is 2.25. The van der Waals surface area contributed by atoms with Gasteiger partial charge in [0, 0.05) is 38.0 Å². The van der Waals surface area contributed by atoms with Crippen molar-refractivity contribution in [1.29, 1.82) is 0 Å². The van der Waals surface area contributed by atoms with Gasteiger partial charge in [-0.15, -0.1) is 12.4 Å². The summed E-state index contributed by atoms with van der Waals surface area (Å²) in [6, 6.07) is 2.17. The summed E-state index contributed by atoms with van der Waals surface area (Å²) in [5.41, 5.74) is 0.477. The molecular weight excluding hydrogens is 342 g/mol. The topological polar surface area (TPSA) is 71.4 Å². The van der Waals surface area contributed by atoms with E-state index in [-0.39, 0.29) is 23.9 Å². The maximum Gasteiger partial charge on any atom is 0.271 e. The summed E-state index contributed by atoms with van der Waals surface area (Å²) in [6.07, 6.45) is 6.05. The highest BCUT2D eigenvalue weighted by Gasteiger charge is 2.35. The minimum Gasteiger partial charge on any atom is -0.381 e. The van der Waals surface area contributed by atoms with Crippen LogP contribution in [0.25, 0.3) is 0 Å². The molecule has 142 valence electrons. The van der Waals surface area contributed by atoms with Gasteiger partial charge in [-0.3, -0.25) is 9.48 Å². The van der Waals surface area contributed by atoms with Crippen molar-refractivity contribution < 1.29 is 9.53 Å². The summed E-state index contributed by atoms with van der Waals surface area (Å²) in [7, 11) is 4.14. The molecule has 0 aromatic carbocycles. The van der Waals surface area contributed by atoms with Crippen molar-refractivity contribution in [2.75, 3.05) is 46.9 Å². The number of halogens is 1. The fourth-order valence-electron chi connectivity index (χ4n) is 3.59. The van der Waals surface area contributed by atoms with Crippen LogP contribution in [0.4, 0.5) is 0 Å². The predicted molar refractivity (Wildman–Crippen MR) is 99.4 cm³/mol. The minimum atomic E-state index is -0.0924. The number of piperidine rings is 1. The van der Waals surface area contributed by atoms with E-state index in [1.165, 1.54) is 0 Å². The smallest absolute Gasteiger partial charge is 0.271 e. The molecule has 0 saturated carbocycles. The second kappa shape index (κ2) is 8.98. The number of rotatable bonds is 5. The molecule has 1 aromatic heterocycles. The van der Waals surface area contributed by atoms with Crippen LogP contribution in [-0.4, -0.2) is 73.1 Å². The molecule has 0 spiro atoms. The molecule has 7 nitrogen and oxygen atoms in total. The fourth-order valence-corrected chi connectivity index (χ4v) is 3.59. The standard InChI is InChI=1S/C17H29N5O2.ClH/c1-21(2)17(6-10-24-11-7-17)13-19-16(23)15-5-9-22(20-15)14-4-3-8-18-12-14;/h5,9,14,18H,3-4,6-8,10-13H2,1-2H3,(H,19,23);1H. The van der Waals surface area contributed by atoms with Crippen LogP contribution in [0, 0.1) is 0 Å². The number of aromatic nitrogens is 2. The van der Waals surface area contributed by atoms with Gasteiger partial charge in [-0.25, -0.2) is 0 Å². The lowest BCUT2D eigenvalue weighted by Gasteiger charge is -2.42. The first-order valence-electron chi connectivity index (χ1n) is 8.90. The van der Waals surface area contributed by atoms with E-state index in [1.54, 1.807) is 0 Å². The van der Waals surface area contributed by atoms with Crippen LogP contribution in [-0.2, 0) is 4.74 Å². The Balaban J connectivity index is 0.00000225. The molecule has 2 N–H and O–H groups in total. The highest BCUT2D eigenvalue weighted by atomic mass is 35.5. The summed E-state index contributed by atoms with van der Waals surface area (Å²) < 4.78 is 7.40. The van der Waals surface area contributed by atoms with Crippen molar-refractivity contribution in [3.8, 4) is 0 Å². The maximum absolute atomic E-state index is 12.5. The Morgan fingerprint density at radius 3 is 2.88 bits per heavy atom. The number of nitrogens with one attached hydrogen (secondary N) is 2. The van der Waals surface area contributed by atoms with Gasteiger partial charge in [-0.1, -0.05) is 0 Å². The second-order valence-corrected chi connectivity index (χ2v) is 7.09. The number of carbonyl (C=O) groups is 1. The molecule has 2 aliphatic rings. The quantitative estimate of drug-likeness (QED) is 0.810. The fraction of sp³-hybridized carbons (Fsp3) is 0.765. The van der Waals surface area contributed by atoms with Gasteiger partial charge in [0.05, 0.1) is 6.04 Å². The van der Waals surface area contributed by atoms with E-state index in [0.717, 1.165) is 52.0 Å². The first kappa shape index (κ1) is 20.2. The van der Waals surface area contributed by atoms with E-state index in [1.807, 2.05) is 16.9 Å². The van der Waals surface area contributed by atoms with E-state index in [2.05, 4.69) is 34.7 Å². The molecule has 2 aliphatic heterocycles. The Morgan fingerprint density at radius 1 is 1.48 bits per heavy atom. The minimum absolute atomic E-state index is 0. The first-order chi connectivity index (χ1) is 11.6. The molecule has 0 aliphatic carbocycles. The summed E-state index contributed by atoms with van der Waals surface area (Å²) in [4.78, 5) is 14.7. The Hall–Kier alpha value is -1.15. The number of amides is 1. The average molecular weight is 372 g/mol. The highest BCUT2D eigenvalue weighted by molar-refractivity contribution is 5.92. The Bertz CT molecular complexity index is 551. The lowest BCUT2D eigenvalue weighted by Crippen LogP contribution is -2.55. The second-order valence-electron chi connectivity index (χ2n) is 7.09. The van der Waals surface area contributed by atoms with Crippen molar-refractivity contribution in [3.05, 3.63) is 18.0 Å². The number of ether oxygens (including phenoxy) is 1. The Kier molecular flexibility index (Phi) is 7.25. The summed E-state index contributed by atoms with van der Waals surface area (Å²) in [6.45, 7) is 4.11. The van der Waals surface area contributed by atoms with Crippen molar-refractivity contribution in [2.24, 2.45) is 0 Å². The van der Waals surface area contributed by atoms with E-state index in [4.69, 9.17) is 4.74 Å². The maximum atomic E-state index is 12.5. The molecule has 0 bridgehead atoms. The van der Waals surface area contributed by atoms with Gasteiger partial charge in [0.25, 0.3) is 5.91 Å². The van der Waals surface area contributed by atoms with E-state index >= 15 is 0 Å².